The highest BCUT2D eigenvalue weighted by Crippen LogP contribution is 2.21. The normalized spacial score (nSPS) is 16.0. The summed E-state index contributed by atoms with van der Waals surface area (Å²) in [7, 11) is 0. The van der Waals surface area contributed by atoms with Crippen LogP contribution in [-0.4, -0.2) is 36.2 Å². The van der Waals surface area contributed by atoms with Gasteiger partial charge in [0.2, 0.25) is 0 Å². The standard InChI is InChI=1S/C19H26N4O/c1-2-24-17(16-9-5-3-6-10-16)14-20-18-13-19(22-15-21-18)23-11-7-4-8-12-23/h3,5-6,9-10,13,15,17H,2,4,7-8,11-12,14H2,1H3,(H,20,21,22). The molecule has 0 aliphatic carbocycles. The lowest BCUT2D eigenvalue weighted by molar-refractivity contribution is 0.0718. The van der Waals surface area contributed by atoms with E-state index < -0.39 is 0 Å². The van der Waals surface area contributed by atoms with Crippen LogP contribution in [0.4, 0.5) is 11.6 Å². The Balaban J connectivity index is 1.64. The number of aromatic nitrogens is 2. The molecule has 1 aliphatic rings. The minimum absolute atomic E-state index is 0.0181. The predicted octanol–water partition coefficient (Wildman–Crippen LogP) is 3.66. The maximum atomic E-state index is 5.88. The molecule has 1 unspecified atom stereocenters. The van der Waals surface area contributed by atoms with Crippen LogP contribution in [0, 0.1) is 0 Å². The topological polar surface area (TPSA) is 50.3 Å². The fourth-order valence-electron chi connectivity index (χ4n) is 3.08. The first kappa shape index (κ1) is 16.7. The minimum atomic E-state index is 0.0181. The van der Waals surface area contributed by atoms with Crippen LogP contribution in [0.1, 0.15) is 37.9 Å². The molecule has 0 spiro atoms. The van der Waals surface area contributed by atoms with E-state index in [4.69, 9.17) is 4.74 Å². The summed E-state index contributed by atoms with van der Waals surface area (Å²) in [5.41, 5.74) is 1.18. The van der Waals surface area contributed by atoms with Gasteiger partial charge in [-0.2, -0.15) is 0 Å². The van der Waals surface area contributed by atoms with Crippen molar-refractivity contribution in [3.05, 3.63) is 48.3 Å². The number of ether oxygens (including phenoxy) is 1. The average molecular weight is 326 g/mol. The van der Waals surface area contributed by atoms with E-state index in [1.165, 1.54) is 24.8 Å². The van der Waals surface area contributed by atoms with Gasteiger partial charge in [0.15, 0.2) is 0 Å². The number of piperidine rings is 1. The molecule has 1 N–H and O–H groups in total. The molecular formula is C19H26N4O. The Morgan fingerprint density at radius 3 is 2.67 bits per heavy atom. The van der Waals surface area contributed by atoms with Crippen LogP contribution in [0.2, 0.25) is 0 Å². The Hall–Kier alpha value is -2.14. The van der Waals surface area contributed by atoms with Gasteiger partial charge >= 0.3 is 0 Å². The number of hydrogen-bond donors (Lipinski definition) is 1. The Morgan fingerprint density at radius 1 is 1.12 bits per heavy atom. The predicted molar refractivity (Wildman–Crippen MR) is 97.4 cm³/mol. The van der Waals surface area contributed by atoms with Crippen molar-refractivity contribution in [2.75, 3.05) is 36.5 Å². The SMILES string of the molecule is CCOC(CNc1cc(N2CCCCC2)ncn1)c1ccccc1. The largest absolute Gasteiger partial charge is 0.372 e. The van der Waals surface area contributed by atoms with E-state index in [1.54, 1.807) is 6.33 Å². The quantitative estimate of drug-likeness (QED) is 0.841. The summed E-state index contributed by atoms with van der Waals surface area (Å²) in [4.78, 5) is 11.1. The highest BCUT2D eigenvalue weighted by atomic mass is 16.5. The van der Waals surface area contributed by atoms with Crippen molar-refractivity contribution in [2.24, 2.45) is 0 Å². The second kappa shape index (κ2) is 8.64. The van der Waals surface area contributed by atoms with Gasteiger partial charge in [0.25, 0.3) is 0 Å². The molecule has 1 saturated heterocycles. The maximum Gasteiger partial charge on any atom is 0.134 e. The molecule has 0 radical (unpaired) electrons. The molecule has 1 aliphatic heterocycles. The Labute approximate surface area is 144 Å². The van der Waals surface area contributed by atoms with Crippen molar-refractivity contribution >= 4 is 11.6 Å². The van der Waals surface area contributed by atoms with Crippen molar-refractivity contribution in [3.8, 4) is 0 Å². The van der Waals surface area contributed by atoms with E-state index in [0.29, 0.717) is 13.2 Å². The van der Waals surface area contributed by atoms with Crippen LogP contribution in [0.15, 0.2) is 42.7 Å². The number of rotatable bonds is 7. The van der Waals surface area contributed by atoms with Crippen LogP contribution >= 0.6 is 0 Å². The molecule has 1 fully saturated rings. The summed E-state index contributed by atoms with van der Waals surface area (Å²) in [5, 5.41) is 3.40. The number of hydrogen-bond acceptors (Lipinski definition) is 5. The van der Waals surface area contributed by atoms with E-state index in [2.05, 4.69) is 32.3 Å². The average Bonchev–Trinajstić information content (AvgIpc) is 2.67. The van der Waals surface area contributed by atoms with Gasteiger partial charge < -0.3 is 15.0 Å². The first-order chi connectivity index (χ1) is 11.9. The summed E-state index contributed by atoms with van der Waals surface area (Å²) >= 11 is 0. The molecule has 128 valence electrons. The van der Waals surface area contributed by atoms with Crippen LogP contribution in [0.25, 0.3) is 0 Å². The summed E-state index contributed by atoms with van der Waals surface area (Å²) in [5.74, 6) is 1.87. The van der Waals surface area contributed by atoms with Gasteiger partial charge in [0.1, 0.15) is 18.0 Å². The first-order valence-electron chi connectivity index (χ1n) is 8.84. The second-order valence-corrected chi connectivity index (χ2v) is 6.04. The van der Waals surface area contributed by atoms with Crippen LogP contribution in [0.3, 0.4) is 0 Å². The van der Waals surface area contributed by atoms with Crippen molar-refractivity contribution in [1.82, 2.24) is 9.97 Å². The third-order valence-corrected chi connectivity index (χ3v) is 4.34. The van der Waals surface area contributed by atoms with Gasteiger partial charge in [0.05, 0.1) is 6.10 Å². The van der Waals surface area contributed by atoms with E-state index in [-0.39, 0.29) is 6.10 Å². The zero-order chi connectivity index (χ0) is 16.6. The van der Waals surface area contributed by atoms with E-state index >= 15 is 0 Å². The van der Waals surface area contributed by atoms with Gasteiger partial charge in [-0.15, -0.1) is 0 Å². The van der Waals surface area contributed by atoms with Crippen molar-refractivity contribution in [1.29, 1.82) is 0 Å². The minimum Gasteiger partial charge on any atom is -0.372 e. The third kappa shape index (κ3) is 4.45. The van der Waals surface area contributed by atoms with Crippen molar-refractivity contribution in [2.45, 2.75) is 32.3 Å². The number of anilines is 2. The number of nitrogens with one attached hydrogen (secondary N) is 1. The fraction of sp³-hybridized carbons (Fsp3) is 0.474. The van der Waals surface area contributed by atoms with E-state index in [9.17, 15) is 0 Å². The Morgan fingerprint density at radius 2 is 1.92 bits per heavy atom. The van der Waals surface area contributed by atoms with Gasteiger partial charge in [-0.05, 0) is 31.7 Å². The smallest absolute Gasteiger partial charge is 0.134 e. The molecule has 3 rings (SSSR count). The molecule has 24 heavy (non-hydrogen) atoms. The lowest BCUT2D eigenvalue weighted by atomic mass is 10.1. The van der Waals surface area contributed by atoms with Crippen LogP contribution in [-0.2, 0) is 4.74 Å². The molecule has 5 nitrogen and oxygen atoms in total. The molecule has 1 aromatic carbocycles. The lowest BCUT2D eigenvalue weighted by Gasteiger charge is -2.27. The second-order valence-electron chi connectivity index (χ2n) is 6.04. The molecular weight excluding hydrogens is 300 g/mol. The van der Waals surface area contributed by atoms with Crippen LogP contribution in [0.5, 0.6) is 0 Å². The third-order valence-electron chi connectivity index (χ3n) is 4.34. The van der Waals surface area contributed by atoms with E-state index in [1.807, 2.05) is 31.2 Å². The molecule has 1 aromatic heterocycles. The van der Waals surface area contributed by atoms with Gasteiger partial charge in [-0.1, -0.05) is 30.3 Å². The molecule has 0 saturated carbocycles. The number of nitrogens with zero attached hydrogens (tertiary/aromatic N) is 3. The zero-order valence-corrected chi connectivity index (χ0v) is 14.3. The molecule has 2 heterocycles. The van der Waals surface area contributed by atoms with E-state index in [0.717, 1.165) is 24.7 Å². The maximum absolute atomic E-state index is 5.88. The lowest BCUT2D eigenvalue weighted by Crippen LogP contribution is -2.30. The highest BCUT2D eigenvalue weighted by Gasteiger charge is 2.14. The summed E-state index contributed by atoms with van der Waals surface area (Å²) in [6.45, 7) is 5.57. The fourth-order valence-corrected chi connectivity index (χ4v) is 3.08. The van der Waals surface area contributed by atoms with Gasteiger partial charge in [-0.25, -0.2) is 9.97 Å². The Kier molecular flexibility index (Phi) is 6.01. The molecule has 0 bridgehead atoms. The Bertz CT molecular complexity index is 614. The number of benzene rings is 1. The zero-order valence-electron chi connectivity index (χ0n) is 14.3. The molecule has 5 heteroatoms. The summed E-state index contributed by atoms with van der Waals surface area (Å²) in [6, 6.07) is 12.3. The molecule has 0 amide bonds. The molecule has 1 atom stereocenters. The van der Waals surface area contributed by atoms with Crippen LogP contribution < -0.4 is 10.2 Å². The first-order valence-corrected chi connectivity index (χ1v) is 8.84. The van der Waals surface area contributed by atoms with Crippen molar-refractivity contribution in [3.63, 3.8) is 0 Å². The van der Waals surface area contributed by atoms with Crippen molar-refractivity contribution < 1.29 is 4.74 Å². The van der Waals surface area contributed by atoms with Gasteiger partial charge in [0, 0.05) is 32.3 Å². The molecule has 2 aromatic rings. The summed E-state index contributed by atoms with van der Waals surface area (Å²) < 4.78 is 5.88. The highest BCUT2D eigenvalue weighted by molar-refractivity contribution is 5.48. The monoisotopic (exact) mass is 326 g/mol. The summed E-state index contributed by atoms with van der Waals surface area (Å²) in [6.07, 6.45) is 5.47. The van der Waals surface area contributed by atoms with Gasteiger partial charge in [-0.3, -0.25) is 0 Å².